The molecular formula is C11H19F3N2O2S. The summed E-state index contributed by atoms with van der Waals surface area (Å²) >= 11 is 0. The highest BCUT2D eigenvalue weighted by molar-refractivity contribution is 7.89. The summed E-state index contributed by atoms with van der Waals surface area (Å²) in [7, 11) is -3.59. The molecular weight excluding hydrogens is 281 g/mol. The minimum absolute atomic E-state index is 0.0250. The summed E-state index contributed by atoms with van der Waals surface area (Å²) < 4.78 is 63.3. The van der Waals surface area contributed by atoms with E-state index in [0.717, 1.165) is 23.7 Å². The summed E-state index contributed by atoms with van der Waals surface area (Å²) in [5.41, 5.74) is 0. The number of rotatable bonds is 3. The van der Waals surface area contributed by atoms with Gasteiger partial charge < -0.3 is 5.32 Å². The molecule has 4 nitrogen and oxygen atoms in total. The van der Waals surface area contributed by atoms with Crippen LogP contribution in [0.2, 0.25) is 0 Å². The highest BCUT2D eigenvalue weighted by Crippen LogP contribution is 2.34. The molecule has 2 aliphatic rings. The van der Waals surface area contributed by atoms with Crippen molar-refractivity contribution in [2.75, 3.05) is 25.4 Å². The van der Waals surface area contributed by atoms with Crippen molar-refractivity contribution in [1.29, 1.82) is 0 Å². The second-order valence-corrected chi connectivity index (χ2v) is 7.32. The van der Waals surface area contributed by atoms with E-state index in [-0.39, 0.29) is 31.2 Å². The van der Waals surface area contributed by atoms with Crippen molar-refractivity contribution < 1.29 is 21.6 Å². The summed E-state index contributed by atoms with van der Waals surface area (Å²) in [5.74, 6) is -1.61. The van der Waals surface area contributed by atoms with Crippen molar-refractivity contribution in [2.45, 2.75) is 37.9 Å². The molecule has 0 saturated carbocycles. The van der Waals surface area contributed by atoms with Crippen LogP contribution in [0.3, 0.4) is 0 Å². The van der Waals surface area contributed by atoms with Crippen molar-refractivity contribution in [2.24, 2.45) is 5.92 Å². The van der Waals surface area contributed by atoms with Gasteiger partial charge in [-0.3, -0.25) is 0 Å². The van der Waals surface area contributed by atoms with Gasteiger partial charge in [-0.25, -0.2) is 12.7 Å². The monoisotopic (exact) mass is 300 g/mol. The predicted molar refractivity (Wildman–Crippen MR) is 65.2 cm³/mol. The Hall–Kier alpha value is -0.340. The smallest absolute Gasteiger partial charge is 0.313 e. The molecule has 8 heteroatoms. The van der Waals surface area contributed by atoms with Gasteiger partial charge >= 0.3 is 6.18 Å². The van der Waals surface area contributed by atoms with Gasteiger partial charge in [-0.05, 0) is 32.2 Å². The van der Waals surface area contributed by atoms with E-state index in [4.69, 9.17) is 0 Å². The number of sulfonamides is 1. The Kier molecular flexibility index (Phi) is 4.42. The number of nitrogens with zero attached hydrogens (tertiary/aromatic N) is 1. The van der Waals surface area contributed by atoms with Gasteiger partial charge in [0.1, 0.15) is 0 Å². The Labute approximate surface area is 111 Å². The second kappa shape index (κ2) is 5.57. The lowest BCUT2D eigenvalue weighted by Gasteiger charge is -2.33. The highest BCUT2D eigenvalue weighted by Gasteiger charge is 2.44. The third-order valence-electron chi connectivity index (χ3n) is 3.81. The van der Waals surface area contributed by atoms with Crippen molar-refractivity contribution in [3.8, 4) is 0 Å². The lowest BCUT2D eigenvalue weighted by atomic mass is 9.99. The number of halogens is 3. The van der Waals surface area contributed by atoms with E-state index in [0.29, 0.717) is 0 Å². The lowest BCUT2D eigenvalue weighted by molar-refractivity contribution is -0.182. The van der Waals surface area contributed by atoms with Gasteiger partial charge in [0.15, 0.2) is 0 Å². The van der Waals surface area contributed by atoms with Crippen LogP contribution in [-0.4, -0.2) is 50.3 Å². The van der Waals surface area contributed by atoms with Gasteiger partial charge in [-0.15, -0.1) is 0 Å². The number of hydrogen-bond acceptors (Lipinski definition) is 3. The van der Waals surface area contributed by atoms with Crippen LogP contribution in [0.25, 0.3) is 0 Å². The normalized spacial score (nSPS) is 30.7. The van der Waals surface area contributed by atoms with Crippen molar-refractivity contribution >= 4 is 10.0 Å². The van der Waals surface area contributed by atoms with Crippen molar-refractivity contribution in [1.82, 2.24) is 9.62 Å². The van der Waals surface area contributed by atoms with Crippen LogP contribution in [0.4, 0.5) is 13.2 Å². The van der Waals surface area contributed by atoms with E-state index in [9.17, 15) is 21.6 Å². The van der Waals surface area contributed by atoms with Gasteiger partial charge in [0.2, 0.25) is 10.0 Å². The summed E-state index contributed by atoms with van der Waals surface area (Å²) in [4.78, 5) is 0. The molecule has 112 valence electrons. The zero-order chi connectivity index (χ0) is 14.1. The van der Waals surface area contributed by atoms with Gasteiger partial charge in [-0.2, -0.15) is 13.2 Å². The third kappa shape index (κ3) is 3.82. The van der Waals surface area contributed by atoms with E-state index in [2.05, 4.69) is 5.32 Å². The molecule has 2 atom stereocenters. The van der Waals surface area contributed by atoms with E-state index in [1.165, 1.54) is 0 Å². The van der Waals surface area contributed by atoms with Crippen LogP contribution in [0.5, 0.6) is 0 Å². The summed E-state index contributed by atoms with van der Waals surface area (Å²) in [6, 6.07) is -0.115. The highest BCUT2D eigenvalue weighted by atomic mass is 32.2. The Balaban J connectivity index is 1.99. The quantitative estimate of drug-likeness (QED) is 0.856. The fourth-order valence-electron chi connectivity index (χ4n) is 2.72. The van der Waals surface area contributed by atoms with Gasteiger partial charge in [0.05, 0.1) is 11.7 Å². The van der Waals surface area contributed by atoms with E-state index >= 15 is 0 Å². The van der Waals surface area contributed by atoms with Crippen LogP contribution in [0.15, 0.2) is 0 Å². The average molecular weight is 300 g/mol. The molecule has 2 aliphatic heterocycles. The zero-order valence-electron chi connectivity index (χ0n) is 10.6. The van der Waals surface area contributed by atoms with Gasteiger partial charge in [-0.1, -0.05) is 0 Å². The van der Waals surface area contributed by atoms with Crippen LogP contribution < -0.4 is 5.32 Å². The molecule has 1 N–H and O–H groups in total. The maximum Gasteiger partial charge on any atom is 0.393 e. The summed E-state index contributed by atoms with van der Waals surface area (Å²) in [6.07, 6.45) is -2.31. The van der Waals surface area contributed by atoms with Crippen LogP contribution in [0, 0.1) is 5.92 Å². The number of alkyl halides is 3. The molecule has 0 aliphatic carbocycles. The fraction of sp³-hybridized carbons (Fsp3) is 1.00. The first-order valence-electron chi connectivity index (χ1n) is 6.57. The van der Waals surface area contributed by atoms with Gasteiger partial charge in [0, 0.05) is 19.1 Å². The molecule has 0 bridgehead atoms. The second-order valence-electron chi connectivity index (χ2n) is 5.31. The standard InChI is InChI=1S/C11H19F3N2O2S/c12-11(13,14)9-3-2-6-16(7-9)19(17,18)8-10-4-1-5-15-10/h9-10,15H,1-8H2. The molecule has 2 rings (SSSR count). The first-order valence-corrected chi connectivity index (χ1v) is 8.18. The maximum atomic E-state index is 12.7. The third-order valence-corrected chi connectivity index (χ3v) is 5.76. The van der Waals surface area contributed by atoms with Crippen molar-refractivity contribution in [3.63, 3.8) is 0 Å². The minimum atomic E-state index is -4.31. The molecule has 2 saturated heterocycles. The number of hydrogen-bond donors (Lipinski definition) is 1. The molecule has 19 heavy (non-hydrogen) atoms. The lowest BCUT2D eigenvalue weighted by Crippen LogP contribution is -2.47. The molecule has 0 aromatic rings. The number of piperidine rings is 1. The predicted octanol–water partition coefficient (Wildman–Crippen LogP) is 1.34. The Morgan fingerprint density at radius 2 is 1.95 bits per heavy atom. The minimum Gasteiger partial charge on any atom is -0.313 e. The topological polar surface area (TPSA) is 49.4 Å². The maximum absolute atomic E-state index is 12.7. The van der Waals surface area contributed by atoms with E-state index in [1.54, 1.807) is 0 Å². The van der Waals surface area contributed by atoms with Crippen LogP contribution in [-0.2, 0) is 10.0 Å². The van der Waals surface area contributed by atoms with Gasteiger partial charge in [0.25, 0.3) is 0 Å². The van der Waals surface area contributed by atoms with E-state index < -0.39 is 28.7 Å². The van der Waals surface area contributed by atoms with E-state index in [1.807, 2.05) is 0 Å². The molecule has 0 aromatic heterocycles. The fourth-order valence-corrected chi connectivity index (χ4v) is 4.54. The number of nitrogens with one attached hydrogen (secondary N) is 1. The molecule has 0 spiro atoms. The van der Waals surface area contributed by atoms with Crippen LogP contribution in [0.1, 0.15) is 25.7 Å². The average Bonchev–Trinajstić information content (AvgIpc) is 2.80. The Morgan fingerprint density at radius 1 is 1.21 bits per heavy atom. The zero-order valence-corrected chi connectivity index (χ0v) is 11.4. The SMILES string of the molecule is O=S(=O)(CC1CCCN1)N1CCCC(C(F)(F)F)C1. The Morgan fingerprint density at radius 3 is 2.53 bits per heavy atom. The van der Waals surface area contributed by atoms with Crippen LogP contribution >= 0.6 is 0 Å². The largest absolute Gasteiger partial charge is 0.393 e. The van der Waals surface area contributed by atoms with Crippen molar-refractivity contribution in [3.05, 3.63) is 0 Å². The summed E-state index contributed by atoms with van der Waals surface area (Å²) in [5, 5.41) is 3.07. The molecule has 2 heterocycles. The molecule has 0 radical (unpaired) electrons. The molecule has 2 unspecified atom stereocenters. The molecule has 2 fully saturated rings. The molecule has 0 amide bonds. The summed E-state index contributed by atoms with van der Waals surface area (Å²) in [6.45, 7) is 0.575. The first kappa shape index (κ1) is 15.1. The Bertz CT molecular complexity index is 405. The molecule has 0 aromatic carbocycles. The first-order chi connectivity index (χ1) is 8.79.